The lowest BCUT2D eigenvalue weighted by Crippen LogP contribution is -2.44. The Labute approximate surface area is 186 Å². The highest BCUT2D eigenvalue weighted by Gasteiger charge is 2.44. The maximum absolute atomic E-state index is 15.2. The molecular formula is C24H27ClFNO4. The minimum Gasteiger partial charge on any atom is -0.489 e. The van der Waals surface area contributed by atoms with E-state index in [1.807, 2.05) is 24.3 Å². The van der Waals surface area contributed by atoms with Crippen LogP contribution in [0.15, 0.2) is 30.3 Å². The Balaban J connectivity index is 1.46. The summed E-state index contributed by atoms with van der Waals surface area (Å²) in [7, 11) is 0. The molecule has 2 aliphatic heterocycles. The van der Waals surface area contributed by atoms with Gasteiger partial charge in [-0.3, -0.25) is 4.79 Å². The van der Waals surface area contributed by atoms with Gasteiger partial charge in [-0.25, -0.2) is 0 Å². The molecule has 5 nitrogen and oxygen atoms in total. The van der Waals surface area contributed by atoms with Crippen LogP contribution in [0.25, 0.3) is 0 Å². The SMILES string of the molecule is CCc1ccc(Cl)c(COc2ccc3c(c2F)OCC32CCN(CCC(=O)O)CC2)c1. The van der Waals surface area contributed by atoms with Crippen LogP contribution >= 0.6 is 11.6 Å². The number of aliphatic carboxylic acids is 1. The van der Waals surface area contributed by atoms with Gasteiger partial charge in [-0.05, 0) is 50.0 Å². The molecule has 4 rings (SSSR count). The molecule has 166 valence electrons. The summed E-state index contributed by atoms with van der Waals surface area (Å²) in [5, 5.41) is 9.49. The molecule has 2 aliphatic rings. The average Bonchev–Trinajstić information content (AvgIpc) is 3.12. The number of carboxylic acid groups (broad SMARTS) is 1. The Bertz CT molecular complexity index is 972. The van der Waals surface area contributed by atoms with E-state index in [2.05, 4.69) is 11.8 Å². The summed E-state index contributed by atoms with van der Waals surface area (Å²) < 4.78 is 26.8. The number of aryl methyl sites for hydroxylation is 1. The van der Waals surface area contributed by atoms with Crippen LogP contribution in [-0.2, 0) is 23.2 Å². The topological polar surface area (TPSA) is 59.0 Å². The smallest absolute Gasteiger partial charge is 0.304 e. The van der Waals surface area contributed by atoms with E-state index in [1.165, 1.54) is 0 Å². The molecule has 2 aromatic rings. The number of benzene rings is 2. The molecule has 2 aromatic carbocycles. The number of ether oxygens (including phenoxy) is 2. The van der Waals surface area contributed by atoms with Crippen LogP contribution in [0.2, 0.25) is 5.02 Å². The second kappa shape index (κ2) is 9.05. The molecule has 0 amide bonds. The summed E-state index contributed by atoms with van der Waals surface area (Å²) in [6, 6.07) is 9.39. The Morgan fingerprint density at radius 1 is 1.29 bits per heavy atom. The van der Waals surface area contributed by atoms with Gasteiger partial charge in [0.15, 0.2) is 11.5 Å². The maximum Gasteiger partial charge on any atom is 0.304 e. The van der Waals surface area contributed by atoms with Crippen LogP contribution in [0.4, 0.5) is 4.39 Å². The van der Waals surface area contributed by atoms with Crippen LogP contribution in [0.3, 0.4) is 0 Å². The zero-order chi connectivity index (χ0) is 22.0. The van der Waals surface area contributed by atoms with Crippen molar-refractivity contribution >= 4 is 17.6 Å². The minimum atomic E-state index is -0.785. The van der Waals surface area contributed by atoms with Crippen molar-refractivity contribution in [1.82, 2.24) is 4.90 Å². The molecule has 31 heavy (non-hydrogen) atoms. The third-order valence-electron chi connectivity index (χ3n) is 6.48. The monoisotopic (exact) mass is 447 g/mol. The fraction of sp³-hybridized carbons (Fsp3) is 0.458. The molecular weight excluding hydrogens is 421 g/mol. The molecule has 1 spiro atoms. The molecule has 0 unspecified atom stereocenters. The van der Waals surface area contributed by atoms with Gasteiger partial charge in [0.2, 0.25) is 5.82 Å². The Morgan fingerprint density at radius 3 is 2.77 bits per heavy atom. The number of carboxylic acids is 1. The fourth-order valence-corrected chi connectivity index (χ4v) is 4.65. The van der Waals surface area contributed by atoms with Gasteiger partial charge >= 0.3 is 5.97 Å². The van der Waals surface area contributed by atoms with Crippen molar-refractivity contribution in [2.45, 2.75) is 44.6 Å². The van der Waals surface area contributed by atoms with Crippen LogP contribution in [0.1, 0.15) is 42.9 Å². The molecule has 0 saturated carbocycles. The first-order valence-electron chi connectivity index (χ1n) is 10.7. The van der Waals surface area contributed by atoms with Crippen LogP contribution < -0.4 is 9.47 Å². The second-order valence-corrected chi connectivity index (χ2v) is 8.78. The first kappa shape index (κ1) is 21.9. The largest absolute Gasteiger partial charge is 0.489 e. The van der Waals surface area contributed by atoms with Crippen LogP contribution in [0, 0.1) is 5.82 Å². The minimum absolute atomic E-state index is 0.139. The van der Waals surface area contributed by atoms with Crippen molar-refractivity contribution in [2.75, 3.05) is 26.2 Å². The number of hydrogen-bond acceptors (Lipinski definition) is 4. The lowest BCUT2D eigenvalue weighted by molar-refractivity contribution is -0.137. The van der Waals surface area contributed by atoms with Gasteiger partial charge in [-0.2, -0.15) is 4.39 Å². The van der Waals surface area contributed by atoms with E-state index in [9.17, 15) is 4.79 Å². The van der Waals surface area contributed by atoms with Gasteiger partial charge in [0.25, 0.3) is 0 Å². The van der Waals surface area contributed by atoms with E-state index >= 15 is 4.39 Å². The summed E-state index contributed by atoms with van der Waals surface area (Å²) in [6.07, 6.45) is 2.67. The van der Waals surface area contributed by atoms with E-state index in [1.54, 1.807) is 6.07 Å². The van der Waals surface area contributed by atoms with Gasteiger partial charge in [-0.15, -0.1) is 0 Å². The normalized spacial score (nSPS) is 17.4. The third kappa shape index (κ3) is 4.51. The molecule has 1 N–H and O–H groups in total. The standard InChI is InChI=1S/C24H27ClFNO4/c1-2-16-3-5-19(25)17(13-16)14-30-20-6-4-18-23(22(20)26)31-15-24(18)8-11-27(12-9-24)10-7-21(28)29/h3-6,13H,2,7-12,14-15H2,1H3,(H,28,29). The zero-order valence-corrected chi connectivity index (χ0v) is 18.4. The van der Waals surface area contributed by atoms with Gasteiger partial charge in [0.1, 0.15) is 6.61 Å². The first-order valence-corrected chi connectivity index (χ1v) is 11.1. The van der Waals surface area contributed by atoms with Gasteiger partial charge in [0.05, 0.1) is 13.0 Å². The van der Waals surface area contributed by atoms with E-state index in [0.29, 0.717) is 18.2 Å². The molecule has 0 aliphatic carbocycles. The first-order chi connectivity index (χ1) is 14.9. The molecule has 2 heterocycles. The Hall–Kier alpha value is -2.31. The molecule has 7 heteroatoms. The highest BCUT2D eigenvalue weighted by Crippen LogP contribution is 2.48. The van der Waals surface area contributed by atoms with Crippen molar-refractivity contribution in [3.05, 3.63) is 57.9 Å². The number of halogens is 2. The van der Waals surface area contributed by atoms with Crippen molar-refractivity contribution in [3.8, 4) is 11.5 Å². The number of rotatable bonds is 7. The summed E-state index contributed by atoms with van der Waals surface area (Å²) in [6.45, 7) is 4.80. The highest BCUT2D eigenvalue weighted by molar-refractivity contribution is 6.31. The number of carbonyl (C=O) groups is 1. The van der Waals surface area contributed by atoms with E-state index < -0.39 is 11.8 Å². The molecule has 0 aromatic heterocycles. The quantitative estimate of drug-likeness (QED) is 0.659. The van der Waals surface area contributed by atoms with Crippen molar-refractivity contribution in [1.29, 1.82) is 0 Å². The lowest BCUT2D eigenvalue weighted by atomic mass is 9.74. The third-order valence-corrected chi connectivity index (χ3v) is 6.85. The summed E-state index contributed by atoms with van der Waals surface area (Å²) in [4.78, 5) is 13.0. The van der Waals surface area contributed by atoms with Crippen LogP contribution in [-0.4, -0.2) is 42.2 Å². The van der Waals surface area contributed by atoms with E-state index in [4.69, 9.17) is 26.2 Å². The molecule has 0 atom stereocenters. The lowest BCUT2D eigenvalue weighted by Gasteiger charge is -2.38. The zero-order valence-electron chi connectivity index (χ0n) is 17.6. The predicted octanol–water partition coefficient (Wildman–Crippen LogP) is 4.82. The number of piperidine rings is 1. The number of nitrogens with zero attached hydrogens (tertiary/aromatic N) is 1. The van der Waals surface area contributed by atoms with Crippen molar-refractivity contribution in [3.63, 3.8) is 0 Å². The Kier molecular flexibility index (Phi) is 6.39. The number of hydrogen-bond donors (Lipinski definition) is 1. The fourth-order valence-electron chi connectivity index (χ4n) is 4.48. The molecule has 1 fully saturated rings. The Morgan fingerprint density at radius 2 is 2.06 bits per heavy atom. The van der Waals surface area contributed by atoms with E-state index in [0.717, 1.165) is 49.0 Å². The highest BCUT2D eigenvalue weighted by atomic mass is 35.5. The van der Waals surface area contributed by atoms with Crippen molar-refractivity contribution < 1.29 is 23.8 Å². The molecule has 0 radical (unpaired) electrons. The van der Waals surface area contributed by atoms with Crippen molar-refractivity contribution in [2.24, 2.45) is 0 Å². The summed E-state index contributed by atoms with van der Waals surface area (Å²) in [5.74, 6) is -0.810. The predicted molar refractivity (Wildman–Crippen MR) is 117 cm³/mol. The van der Waals surface area contributed by atoms with Crippen LogP contribution in [0.5, 0.6) is 11.5 Å². The van der Waals surface area contributed by atoms with Gasteiger partial charge in [0, 0.05) is 28.1 Å². The molecule has 0 bridgehead atoms. The molecule has 1 saturated heterocycles. The number of likely N-dealkylation sites (tertiary alicyclic amines) is 1. The maximum atomic E-state index is 15.2. The number of fused-ring (bicyclic) bond motifs is 2. The summed E-state index contributed by atoms with van der Waals surface area (Å²) >= 11 is 6.27. The van der Waals surface area contributed by atoms with E-state index in [-0.39, 0.29) is 29.9 Å². The van der Waals surface area contributed by atoms with Gasteiger partial charge < -0.3 is 19.5 Å². The average molecular weight is 448 g/mol. The van der Waals surface area contributed by atoms with Gasteiger partial charge in [-0.1, -0.05) is 36.7 Å². The summed E-state index contributed by atoms with van der Waals surface area (Å²) in [5.41, 5.74) is 2.65. The second-order valence-electron chi connectivity index (χ2n) is 8.38.